The maximum Gasteiger partial charge on any atom is 0.191 e. The van der Waals surface area contributed by atoms with Gasteiger partial charge in [-0.05, 0) is 30.5 Å². The van der Waals surface area contributed by atoms with Crippen LogP contribution in [0.5, 0.6) is 11.5 Å². The molecule has 27 heavy (non-hydrogen) atoms. The number of ether oxygens (including phenoxy) is 2. The third-order valence-corrected chi connectivity index (χ3v) is 7.05. The molecule has 1 aromatic heterocycles. The van der Waals surface area contributed by atoms with Gasteiger partial charge < -0.3 is 19.8 Å². The largest absolute Gasteiger partial charge is 0.493 e. The van der Waals surface area contributed by atoms with Crippen LogP contribution in [0, 0.1) is 0 Å². The Morgan fingerprint density at radius 2 is 2.15 bits per heavy atom. The zero-order valence-electron chi connectivity index (χ0n) is 15.8. The second-order valence-corrected chi connectivity index (χ2v) is 8.46. The Morgan fingerprint density at radius 3 is 2.85 bits per heavy atom. The average Bonchev–Trinajstić information content (AvgIpc) is 3.38. The molecule has 0 radical (unpaired) electrons. The molecule has 3 aliphatic rings. The molecule has 0 unspecified atom stereocenters. The van der Waals surface area contributed by atoms with Crippen molar-refractivity contribution in [2.45, 2.75) is 31.5 Å². The second kappa shape index (κ2) is 6.55. The van der Waals surface area contributed by atoms with E-state index >= 15 is 0 Å². The van der Waals surface area contributed by atoms with E-state index in [1.165, 1.54) is 22.7 Å². The summed E-state index contributed by atoms with van der Waals surface area (Å²) in [5.74, 6) is 1.74. The minimum Gasteiger partial charge on any atom is -0.493 e. The first kappa shape index (κ1) is 17.1. The van der Waals surface area contributed by atoms with Crippen molar-refractivity contribution in [3.8, 4) is 11.5 Å². The molecule has 2 N–H and O–H groups in total. The van der Waals surface area contributed by atoms with Crippen molar-refractivity contribution in [2.24, 2.45) is 0 Å². The van der Waals surface area contributed by atoms with Gasteiger partial charge in [0.2, 0.25) is 0 Å². The molecular weight excluding hydrogens is 358 g/mol. The summed E-state index contributed by atoms with van der Waals surface area (Å²) in [5.41, 5.74) is 5.71. The molecule has 0 bridgehead atoms. The van der Waals surface area contributed by atoms with Crippen molar-refractivity contribution in [2.75, 3.05) is 26.7 Å². The van der Waals surface area contributed by atoms with Crippen molar-refractivity contribution >= 4 is 17.0 Å². The van der Waals surface area contributed by atoms with E-state index in [1.54, 1.807) is 23.3 Å². The van der Waals surface area contributed by atoms with Gasteiger partial charge in [0.25, 0.3) is 0 Å². The summed E-state index contributed by atoms with van der Waals surface area (Å²) < 4.78 is 12.4. The Hall–Kier alpha value is -2.02. The number of para-hydroxylation sites is 1. The molecule has 0 saturated carbocycles. The van der Waals surface area contributed by atoms with Crippen LogP contribution in [0.2, 0.25) is 0 Å². The smallest absolute Gasteiger partial charge is 0.191 e. The van der Waals surface area contributed by atoms with Crippen LogP contribution in [0.4, 0.5) is 0 Å². The minimum atomic E-state index is -0.333. The van der Waals surface area contributed by atoms with Crippen LogP contribution >= 0.6 is 11.3 Å². The van der Waals surface area contributed by atoms with E-state index in [0.717, 1.165) is 37.4 Å². The molecule has 1 atom stereocenters. The van der Waals surface area contributed by atoms with Crippen LogP contribution in [-0.2, 0) is 0 Å². The summed E-state index contributed by atoms with van der Waals surface area (Å²) >= 11 is 1.77. The van der Waals surface area contributed by atoms with E-state index in [0.29, 0.717) is 0 Å². The number of benzene rings is 1. The summed E-state index contributed by atoms with van der Waals surface area (Å²) in [5, 5.41) is 4.48. The molecule has 0 aliphatic carbocycles. The molecule has 5 nitrogen and oxygen atoms in total. The van der Waals surface area contributed by atoms with Crippen molar-refractivity contribution in [3.63, 3.8) is 0 Å². The quantitative estimate of drug-likeness (QED) is 0.853. The fourth-order valence-electron chi connectivity index (χ4n) is 4.59. The third kappa shape index (κ3) is 2.66. The van der Waals surface area contributed by atoms with Gasteiger partial charge in [0, 0.05) is 5.56 Å². The van der Waals surface area contributed by atoms with Gasteiger partial charge in [0.15, 0.2) is 17.2 Å². The Labute approximate surface area is 164 Å². The Morgan fingerprint density at radius 1 is 1.30 bits per heavy atom. The average molecular weight is 385 g/mol. The van der Waals surface area contributed by atoms with Crippen LogP contribution in [-0.4, -0.2) is 37.5 Å². The van der Waals surface area contributed by atoms with Crippen LogP contribution in [0.25, 0.3) is 5.70 Å². The number of methoxy groups -OCH3 is 1. The molecule has 142 valence electrons. The monoisotopic (exact) mass is 384 g/mol. The molecule has 4 heterocycles. The highest BCUT2D eigenvalue weighted by atomic mass is 32.1. The standard InChI is InChI=1S/C21H25N3O2S/c1-3-23-11-9-21(10-12-23)24-17(14-16(22-24)19-8-5-13-27-19)15-6-4-7-18(25-2)20(15)26-21/h4-8,13-14,17,22H,3,9-12H2,1-2H3/p+1/t17-/m0/s1. The zero-order valence-corrected chi connectivity index (χ0v) is 16.6. The van der Waals surface area contributed by atoms with E-state index in [1.807, 2.05) is 6.07 Å². The normalized spacial score (nSPS) is 29.5. The number of likely N-dealkylation sites (tertiary alicyclic amines) is 1. The van der Waals surface area contributed by atoms with Gasteiger partial charge in [0.05, 0.1) is 56.2 Å². The molecule has 1 aromatic carbocycles. The molecule has 5 rings (SSSR count). The molecular formula is C21H26N3O2S+. The van der Waals surface area contributed by atoms with Gasteiger partial charge in [0.1, 0.15) is 0 Å². The van der Waals surface area contributed by atoms with Gasteiger partial charge in [-0.1, -0.05) is 18.2 Å². The van der Waals surface area contributed by atoms with E-state index < -0.39 is 0 Å². The fraction of sp³-hybridized carbons (Fsp3) is 0.429. The minimum absolute atomic E-state index is 0.157. The summed E-state index contributed by atoms with van der Waals surface area (Å²) in [7, 11) is 1.72. The Bertz CT molecular complexity index is 856. The number of hydrazine groups is 1. The van der Waals surface area contributed by atoms with Crippen LogP contribution in [0.15, 0.2) is 41.8 Å². The number of nitrogens with one attached hydrogen (secondary N) is 2. The van der Waals surface area contributed by atoms with Gasteiger partial charge in [-0.25, -0.2) is 0 Å². The Balaban J connectivity index is 1.58. The number of thiophene rings is 1. The highest BCUT2D eigenvalue weighted by Crippen LogP contribution is 2.50. The highest BCUT2D eigenvalue weighted by Gasteiger charge is 2.53. The molecule has 1 spiro atoms. The molecule has 2 aromatic rings. The number of hydrogen-bond acceptors (Lipinski definition) is 5. The highest BCUT2D eigenvalue weighted by molar-refractivity contribution is 7.11. The molecule has 3 aliphatic heterocycles. The van der Waals surface area contributed by atoms with Crippen LogP contribution in [0.1, 0.15) is 36.2 Å². The van der Waals surface area contributed by atoms with E-state index in [-0.39, 0.29) is 11.8 Å². The first-order valence-corrected chi connectivity index (χ1v) is 10.6. The van der Waals surface area contributed by atoms with Crippen molar-refractivity contribution in [1.29, 1.82) is 0 Å². The fourth-order valence-corrected chi connectivity index (χ4v) is 5.29. The van der Waals surface area contributed by atoms with Crippen molar-refractivity contribution < 1.29 is 14.4 Å². The number of fused-ring (bicyclic) bond motifs is 4. The lowest BCUT2D eigenvalue weighted by Gasteiger charge is -2.50. The Kier molecular flexibility index (Phi) is 4.15. The summed E-state index contributed by atoms with van der Waals surface area (Å²) in [4.78, 5) is 2.91. The van der Waals surface area contributed by atoms with Crippen LogP contribution < -0.4 is 19.8 Å². The number of piperidine rings is 1. The second-order valence-electron chi connectivity index (χ2n) is 7.51. The van der Waals surface area contributed by atoms with E-state index in [4.69, 9.17) is 9.47 Å². The first-order valence-electron chi connectivity index (χ1n) is 9.75. The predicted molar refractivity (Wildman–Crippen MR) is 107 cm³/mol. The lowest BCUT2D eigenvalue weighted by atomic mass is 9.92. The maximum atomic E-state index is 6.75. The van der Waals surface area contributed by atoms with Gasteiger partial charge in [-0.2, -0.15) is 5.01 Å². The predicted octanol–water partition coefficient (Wildman–Crippen LogP) is 2.45. The van der Waals surface area contributed by atoms with Gasteiger partial charge in [-0.15, -0.1) is 11.3 Å². The molecule has 0 amide bonds. The zero-order chi connectivity index (χ0) is 18.4. The van der Waals surface area contributed by atoms with E-state index in [9.17, 15) is 0 Å². The van der Waals surface area contributed by atoms with Crippen molar-refractivity contribution in [1.82, 2.24) is 10.4 Å². The molecule has 1 fully saturated rings. The number of hydrogen-bond donors (Lipinski definition) is 2. The van der Waals surface area contributed by atoms with Crippen LogP contribution in [0.3, 0.4) is 0 Å². The number of quaternary nitrogens is 1. The summed E-state index contributed by atoms with van der Waals surface area (Å²) in [6.45, 7) is 5.69. The van der Waals surface area contributed by atoms with Crippen molar-refractivity contribution in [3.05, 3.63) is 52.2 Å². The topological polar surface area (TPSA) is 38.2 Å². The SMILES string of the molecule is CC[NH+]1CCC2(CC1)Oc1c(OC)cccc1[C@@H]1C=C(c3cccs3)NN12. The third-order valence-electron chi connectivity index (χ3n) is 6.15. The van der Waals surface area contributed by atoms with Gasteiger partial charge in [-0.3, -0.25) is 0 Å². The number of nitrogens with zero attached hydrogens (tertiary/aromatic N) is 1. The first-order chi connectivity index (χ1) is 13.2. The van der Waals surface area contributed by atoms with Gasteiger partial charge >= 0.3 is 0 Å². The summed E-state index contributed by atoms with van der Waals surface area (Å²) in [6, 6.07) is 10.6. The maximum absolute atomic E-state index is 6.75. The lowest BCUT2D eigenvalue weighted by molar-refractivity contribution is -0.906. The lowest BCUT2D eigenvalue weighted by Crippen LogP contribution is -3.13. The molecule has 6 heteroatoms. The molecule has 1 saturated heterocycles. The van der Waals surface area contributed by atoms with E-state index in [2.05, 4.69) is 53.1 Å². The summed E-state index contributed by atoms with van der Waals surface area (Å²) in [6.07, 6.45) is 4.35. The number of rotatable bonds is 3.